The lowest BCUT2D eigenvalue weighted by Crippen LogP contribution is -2.16. The van der Waals surface area contributed by atoms with Gasteiger partial charge in [0.15, 0.2) is 5.78 Å². The van der Waals surface area contributed by atoms with Gasteiger partial charge in [0, 0.05) is 30.0 Å². The Morgan fingerprint density at radius 3 is 2.58 bits per heavy atom. The maximum Gasteiger partial charge on any atom is 0.268 e. The van der Waals surface area contributed by atoms with E-state index in [0.29, 0.717) is 15.7 Å². The molecular weight excluding hydrogens is 481 g/mol. The Kier molecular flexibility index (Phi) is 7.20. The first-order valence-corrected chi connectivity index (χ1v) is 12.0. The molecule has 0 aliphatic heterocycles. The molecule has 4 aromatic heterocycles. The lowest BCUT2D eigenvalue weighted by molar-refractivity contribution is 0.0969. The van der Waals surface area contributed by atoms with Gasteiger partial charge in [0.05, 0.1) is 28.2 Å². The maximum atomic E-state index is 14.0. The highest BCUT2D eigenvalue weighted by molar-refractivity contribution is 7.13. The Labute approximate surface area is 211 Å². The quantitative estimate of drug-likeness (QED) is 0.279. The monoisotopic (exact) mass is 505 g/mol. The molecular formula is C25H24FN7O2S. The minimum atomic E-state index is -0.673. The third-order valence-corrected chi connectivity index (χ3v) is 6.55. The first kappa shape index (κ1) is 25.1. The van der Waals surface area contributed by atoms with Crippen LogP contribution in [0.15, 0.2) is 49.3 Å². The number of amides is 1. The molecule has 1 N–H and O–H groups in total. The van der Waals surface area contributed by atoms with Gasteiger partial charge in [-0.1, -0.05) is 27.7 Å². The summed E-state index contributed by atoms with van der Waals surface area (Å²) in [5, 5.41) is 3.41. The number of Topliss-reactive ketones (excluding diaryl/α,β-unsaturated/α-hetero) is 1. The van der Waals surface area contributed by atoms with E-state index < -0.39 is 5.95 Å². The van der Waals surface area contributed by atoms with Crippen LogP contribution in [0.3, 0.4) is 0 Å². The highest BCUT2D eigenvalue weighted by Crippen LogP contribution is 2.27. The molecule has 0 fully saturated rings. The molecule has 0 saturated heterocycles. The zero-order valence-corrected chi connectivity index (χ0v) is 21.0. The van der Waals surface area contributed by atoms with E-state index in [1.807, 2.05) is 27.7 Å². The maximum absolute atomic E-state index is 14.0. The van der Waals surface area contributed by atoms with E-state index in [1.54, 1.807) is 12.1 Å². The van der Waals surface area contributed by atoms with Crippen LogP contribution in [0.2, 0.25) is 0 Å². The molecule has 36 heavy (non-hydrogen) atoms. The number of anilines is 1. The van der Waals surface area contributed by atoms with E-state index in [0.717, 1.165) is 5.69 Å². The molecule has 4 aromatic rings. The fourth-order valence-corrected chi connectivity index (χ4v) is 4.20. The minimum Gasteiger partial charge on any atom is -0.306 e. The fraction of sp³-hybridized carbons (Fsp3) is 0.280. The van der Waals surface area contributed by atoms with Crippen LogP contribution >= 0.6 is 11.3 Å². The van der Waals surface area contributed by atoms with E-state index in [1.165, 1.54) is 48.5 Å². The average molecular weight is 506 g/mol. The van der Waals surface area contributed by atoms with Crippen molar-refractivity contribution in [2.45, 2.75) is 45.4 Å². The third kappa shape index (κ3) is 5.80. The summed E-state index contributed by atoms with van der Waals surface area (Å²) in [5.74, 6) is -1.11. The summed E-state index contributed by atoms with van der Waals surface area (Å²) in [6.07, 6.45) is 5.58. The smallest absolute Gasteiger partial charge is 0.268 e. The van der Waals surface area contributed by atoms with Gasteiger partial charge < -0.3 is 5.32 Å². The highest BCUT2D eigenvalue weighted by atomic mass is 32.1. The topological polar surface area (TPSA) is 124 Å². The molecule has 4 rings (SSSR count). The molecule has 1 unspecified atom stereocenters. The molecule has 0 aromatic carbocycles. The van der Waals surface area contributed by atoms with Crippen LogP contribution < -0.4 is 5.32 Å². The Hall–Kier alpha value is -3.99. The van der Waals surface area contributed by atoms with E-state index in [2.05, 4.69) is 35.2 Å². The Morgan fingerprint density at radius 1 is 1.06 bits per heavy atom. The first-order valence-electron chi connectivity index (χ1n) is 11.2. The number of hydrogen-bond donors (Lipinski definition) is 1. The summed E-state index contributed by atoms with van der Waals surface area (Å²) in [6.45, 7) is 7.93. The predicted octanol–water partition coefficient (Wildman–Crippen LogP) is 4.85. The van der Waals surface area contributed by atoms with Crippen LogP contribution in [0.1, 0.15) is 70.9 Å². The van der Waals surface area contributed by atoms with Gasteiger partial charge in [-0.15, -0.1) is 11.3 Å². The second kappa shape index (κ2) is 10.3. The Balaban J connectivity index is 1.43. The van der Waals surface area contributed by atoms with Crippen molar-refractivity contribution >= 4 is 28.8 Å². The van der Waals surface area contributed by atoms with Crippen molar-refractivity contribution in [1.82, 2.24) is 29.9 Å². The van der Waals surface area contributed by atoms with Crippen molar-refractivity contribution in [3.8, 4) is 11.3 Å². The van der Waals surface area contributed by atoms with Gasteiger partial charge in [-0.2, -0.15) is 4.39 Å². The number of aromatic nitrogens is 6. The molecule has 11 heteroatoms. The van der Waals surface area contributed by atoms with Gasteiger partial charge in [0.2, 0.25) is 5.95 Å². The van der Waals surface area contributed by atoms with Crippen molar-refractivity contribution < 1.29 is 14.0 Å². The Bertz CT molecular complexity index is 1420. The normalized spacial score (nSPS) is 12.2. The minimum absolute atomic E-state index is 0.113. The summed E-state index contributed by atoms with van der Waals surface area (Å²) < 4.78 is 14.0. The molecule has 0 aliphatic rings. The number of carbonyl (C=O) groups is 2. The SMILES string of the molecule is CC(CC(=O)c1cc(-c2cccnc2F)ncn1)c1ncc(C(=O)Nc2cc(C(C)(C)C)ncn2)s1. The summed E-state index contributed by atoms with van der Waals surface area (Å²) in [4.78, 5) is 50.5. The second-order valence-corrected chi connectivity index (χ2v) is 10.3. The van der Waals surface area contributed by atoms with Gasteiger partial charge >= 0.3 is 0 Å². The van der Waals surface area contributed by atoms with E-state index in [-0.39, 0.29) is 46.4 Å². The van der Waals surface area contributed by atoms with Gasteiger partial charge in [0.25, 0.3) is 5.91 Å². The lowest BCUT2D eigenvalue weighted by atomic mass is 9.92. The Morgan fingerprint density at radius 2 is 1.83 bits per heavy atom. The van der Waals surface area contributed by atoms with Gasteiger partial charge in [-0.25, -0.2) is 29.9 Å². The number of hydrogen-bond acceptors (Lipinski definition) is 9. The number of ketones is 1. The van der Waals surface area contributed by atoms with Crippen LogP contribution in [0.5, 0.6) is 0 Å². The highest BCUT2D eigenvalue weighted by Gasteiger charge is 2.21. The number of pyridine rings is 1. The van der Waals surface area contributed by atoms with Crippen LogP contribution in [-0.2, 0) is 5.41 Å². The zero-order valence-electron chi connectivity index (χ0n) is 20.2. The standard InChI is InChI=1S/C25H24FN7O2S/c1-14(8-18(34)17-9-16(29-12-30-17)15-6-5-7-27-22(15)26)24-28-11-19(36-24)23(35)33-21-10-20(25(2,3)4)31-13-32-21/h5-7,9-14H,8H2,1-4H3,(H,31,32,33,35). The molecule has 0 radical (unpaired) electrons. The van der Waals surface area contributed by atoms with Crippen molar-refractivity contribution in [3.05, 3.63) is 76.5 Å². The summed E-state index contributed by atoms with van der Waals surface area (Å²) in [6, 6.07) is 6.32. The molecule has 0 aliphatic carbocycles. The van der Waals surface area contributed by atoms with Crippen LogP contribution in [0.4, 0.5) is 10.2 Å². The number of nitrogens with zero attached hydrogens (tertiary/aromatic N) is 6. The largest absolute Gasteiger partial charge is 0.306 e. The molecule has 1 amide bonds. The van der Waals surface area contributed by atoms with Crippen molar-refractivity contribution in [1.29, 1.82) is 0 Å². The molecule has 4 heterocycles. The van der Waals surface area contributed by atoms with E-state index in [4.69, 9.17) is 0 Å². The lowest BCUT2D eigenvalue weighted by Gasteiger charge is -2.17. The number of carbonyl (C=O) groups excluding carboxylic acids is 2. The predicted molar refractivity (Wildman–Crippen MR) is 133 cm³/mol. The van der Waals surface area contributed by atoms with E-state index in [9.17, 15) is 14.0 Å². The van der Waals surface area contributed by atoms with Crippen LogP contribution in [-0.4, -0.2) is 41.6 Å². The molecule has 0 spiro atoms. The van der Waals surface area contributed by atoms with Crippen LogP contribution in [0, 0.1) is 5.95 Å². The first-order chi connectivity index (χ1) is 17.1. The number of halogens is 1. The van der Waals surface area contributed by atoms with Crippen molar-refractivity contribution in [2.75, 3.05) is 5.32 Å². The zero-order chi connectivity index (χ0) is 25.9. The van der Waals surface area contributed by atoms with Crippen LogP contribution in [0.25, 0.3) is 11.3 Å². The molecule has 1 atom stereocenters. The molecule has 0 saturated carbocycles. The fourth-order valence-electron chi connectivity index (χ4n) is 3.34. The average Bonchev–Trinajstić information content (AvgIpc) is 3.35. The summed E-state index contributed by atoms with van der Waals surface area (Å²) in [7, 11) is 0. The number of rotatable bonds is 7. The summed E-state index contributed by atoms with van der Waals surface area (Å²) >= 11 is 1.21. The number of nitrogens with one attached hydrogen (secondary N) is 1. The second-order valence-electron chi connectivity index (χ2n) is 9.21. The molecule has 0 bridgehead atoms. The molecule has 9 nitrogen and oxygen atoms in total. The van der Waals surface area contributed by atoms with Crippen molar-refractivity contribution in [3.63, 3.8) is 0 Å². The number of thiazole rings is 1. The van der Waals surface area contributed by atoms with E-state index >= 15 is 0 Å². The van der Waals surface area contributed by atoms with Crippen molar-refractivity contribution in [2.24, 2.45) is 0 Å². The molecule has 184 valence electrons. The third-order valence-electron chi connectivity index (χ3n) is 5.33. The van der Waals surface area contributed by atoms with Gasteiger partial charge in [-0.3, -0.25) is 9.59 Å². The van der Waals surface area contributed by atoms with Gasteiger partial charge in [0.1, 0.15) is 29.0 Å². The van der Waals surface area contributed by atoms with Gasteiger partial charge in [-0.05, 0) is 18.2 Å². The summed E-state index contributed by atoms with van der Waals surface area (Å²) in [5.41, 5.74) is 1.26.